The average Bonchev–Trinajstić information content (AvgIpc) is 3.90. The molecule has 0 bridgehead atoms. The van der Waals surface area contributed by atoms with Crippen LogP contribution in [0.25, 0.3) is 0 Å². The van der Waals surface area contributed by atoms with Crippen molar-refractivity contribution in [2.75, 3.05) is 0 Å². The molecule has 0 saturated heterocycles. The summed E-state index contributed by atoms with van der Waals surface area (Å²) in [6, 6.07) is 86.8. The standard InChI is InChI=1S/3C20H16O2.C11H15.Ti/c3*21-19(22)20(16-10-4-1-5-11-16,17-12-6-2-7-13-17)18-14-8-3-9-15-18;1-8-7-10-5-3-4-6-11(10)9(8)2;/h3*1-15H,(H,21,22);7H,3-6H2,1-2H3;/q;;;-1;. The molecule has 0 fully saturated rings. The Morgan fingerprint density at radius 3 is 0.679 bits per heavy atom. The van der Waals surface area contributed by atoms with Crippen molar-refractivity contribution in [1.29, 1.82) is 0 Å². The van der Waals surface area contributed by atoms with Crippen molar-refractivity contribution in [3.05, 3.63) is 351 Å². The monoisotopic (exact) mass is 1060 g/mol. The molecule has 1 aliphatic rings. The molecule has 0 heterocycles. The predicted molar refractivity (Wildman–Crippen MR) is 309 cm³/mol. The number of carboxylic acids is 3. The number of carboxylic acid groups (broad SMARTS) is 3. The number of hydrogen-bond donors (Lipinski definition) is 3. The fourth-order valence-electron chi connectivity index (χ4n) is 10.9. The van der Waals surface area contributed by atoms with Crippen molar-refractivity contribution < 1.29 is 51.4 Å². The van der Waals surface area contributed by atoms with Gasteiger partial charge in [0.2, 0.25) is 0 Å². The maximum atomic E-state index is 12.4. The Morgan fingerprint density at radius 2 is 0.513 bits per heavy atom. The van der Waals surface area contributed by atoms with Gasteiger partial charge in [0.15, 0.2) is 0 Å². The normalized spacial score (nSPS) is 11.7. The summed E-state index contributed by atoms with van der Waals surface area (Å²) in [6.07, 6.45) is 5.45. The molecule has 0 aromatic heterocycles. The van der Waals surface area contributed by atoms with Gasteiger partial charge in [-0.05, 0) is 50.1 Å². The molecule has 388 valence electrons. The molecule has 3 N–H and O–H groups in total. The van der Waals surface area contributed by atoms with Gasteiger partial charge >= 0.3 is 17.9 Å². The molecule has 78 heavy (non-hydrogen) atoms. The number of carbonyl (C=O) groups is 3. The molecule has 0 spiro atoms. The van der Waals surface area contributed by atoms with Crippen molar-refractivity contribution in [2.45, 2.75) is 55.8 Å². The first-order valence-corrected chi connectivity index (χ1v) is 26.0. The Hall–Kier alpha value is -8.55. The summed E-state index contributed by atoms with van der Waals surface area (Å²) in [7, 11) is 0. The van der Waals surface area contributed by atoms with E-state index in [1.165, 1.54) is 31.2 Å². The average molecular weight is 1060 g/mol. The third-order valence-electron chi connectivity index (χ3n) is 14.8. The van der Waals surface area contributed by atoms with Crippen LogP contribution >= 0.6 is 0 Å². The Balaban J connectivity index is 0.000000154. The van der Waals surface area contributed by atoms with Crippen molar-refractivity contribution in [1.82, 2.24) is 0 Å². The maximum absolute atomic E-state index is 12.4. The zero-order valence-corrected chi connectivity index (χ0v) is 45.5. The van der Waals surface area contributed by atoms with Crippen LogP contribution in [0, 0.1) is 13.8 Å². The van der Waals surface area contributed by atoms with E-state index >= 15 is 0 Å². The summed E-state index contributed by atoms with van der Waals surface area (Å²) in [4.78, 5) is 37.3. The van der Waals surface area contributed by atoms with Gasteiger partial charge in [0, 0.05) is 21.7 Å². The molecule has 7 heteroatoms. The van der Waals surface area contributed by atoms with Gasteiger partial charge < -0.3 is 15.3 Å². The van der Waals surface area contributed by atoms with E-state index in [0.717, 1.165) is 50.1 Å². The molecule has 0 saturated carbocycles. The van der Waals surface area contributed by atoms with E-state index in [4.69, 9.17) is 0 Å². The molecule has 0 amide bonds. The van der Waals surface area contributed by atoms with Crippen LogP contribution in [0.4, 0.5) is 0 Å². The van der Waals surface area contributed by atoms with Crippen LogP contribution in [0.1, 0.15) is 85.2 Å². The molecular formula is C71H63O6Ti-. The molecule has 6 nitrogen and oxygen atoms in total. The largest absolute Gasteiger partial charge is 0.480 e. The Kier molecular flexibility index (Phi) is 19.8. The fraction of sp³-hybridized carbons (Fsp3) is 0.127. The van der Waals surface area contributed by atoms with Crippen LogP contribution in [-0.4, -0.2) is 33.2 Å². The smallest absolute Gasteiger partial charge is 0.323 e. The van der Waals surface area contributed by atoms with Crippen LogP contribution < -0.4 is 0 Å². The minimum absolute atomic E-state index is 0. The Morgan fingerprint density at radius 1 is 0.333 bits per heavy atom. The minimum Gasteiger partial charge on any atom is -0.480 e. The second kappa shape index (κ2) is 27.0. The second-order valence-electron chi connectivity index (χ2n) is 19.1. The van der Waals surface area contributed by atoms with E-state index in [1.54, 1.807) is 16.7 Å². The van der Waals surface area contributed by atoms with Crippen LogP contribution in [0.5, 0.6) is 0 Å². The van der Waals surface area contributed by atoms with E-state index in [9.17, 15) is 29.7 Å². The van der Waals surface area contributed by atoms with Gasteiger partial charge in [-0.3, -0.25) is 14.4 Å². The van der Waals surface area contributed by atoms with E-state index in [1.807, 2.05) is 273 Å². The first-order valence-electron chi connectivity index (χ1n) is 26.0. The van der Waals surface area contributed by atoms with Crippen LogP contribution in [0.3, 0.4) is 0 Å². The molecule has 10 aromatic carbocycles. The molecular weight excluding hydrogens is 997 g/mol. The number of aliphatic carboxylic acids is 3. The number of aryl methyl sites for hydroxylation is 2. The summed E-state index contributed by atoms with van der Waals surface area (Å²) >= 11 is 0. The summed E-state index contributed by atoms with van der Waals surface area (Å²) in [5.74, 6) is -2.64. The van der Waals surface area contributed by atoms with Crippen molar-refractivity contribution in [3.8, 4) is 0 Å². The topological polar surface area (TPSA) is 112 Å². The minimum atomic E-state index is -1.20. The summed E-state index contributed by atoms with van der Waals surface area (Å²) in [6.45, 7) is 4.49. The SMILES string of the molecule is Cc1cc2c([c-]1C)CCCC2.O=C(O)C(c1ccccc1)(c1ccccc1)c1ccccc1.O=C(O)C(c1ccccc1)(c1ccccc1)c1ccccc1.O=C(O)C(c1ccccc1)(c1ccccc1)c1ccccc1.[Ti]. The third-order valence-corrected chi connectivity index (χ3v) is 14.8. The van der Waals surface area contributed by atoms with Gasteiger partial charge in [0.25, 0.3) is 0 Å². The van der Waals surface area contributed by atoms with Gasteiger partial charge in [-0.1, -0.05) is 313 Å². The maximum Gasteiger partial charge on any atom is 0.323 e. The van der Waals surface area contributed by atoms with Crippen LogP contribution in [0.2, 0.25) is 0 Å². The summed E-state index contributed by atoms with van der Waals surface area (Å²) in [5.41, 5.74) is 9.48. The van der Waals surface area contributed by atoms with E-state index in [-0.39, 0.29) is 21.7 Å². The zero-order chi connectivity index (χ0) is 54.1. The first kappa shape index (κ1) is 57.2. The third kappa shape index (κ3) is 11.9. The van der Waals surface area contributed by atoms with Crippen LogP contribution in [-0.2, 0) is 65.2 Å². The molecule has 0 unspecified atom stereocenters. The number of fused-ring (bicyclic) bond motifs is 1. The molecule has 10 aromatic rings. The zero-order valence-electron chi connectivity index (χ0n) is 44.0. The molecule has 1 aliphatic carbocycles. The van der Waals surface area contributed by atoms with E-state index in [0.29, 0.717) is 0 Å². The van der Waals surface area contributed by atoms with Gasteiger partial charge in [-0.15, -0.1) is 0 Å². The molecule has 0 radical (unpaired) electrons. The number of benzene rings is 9. The quantitative estimate of drug-likeness (QED) is 0.0638. The van der Waals surface area contributed by atoms with E-state index in [2.05, 4.69) is 19.9 Å². The predicted octanol–water partition coefficient (Wildman–Crippen LogP) is 15.2. The number of rotatable bonds is 12. The molecule has 11 rings (SSSR count). The van der Waals surface area contributed by atoms with Gasteiger partial charge in [-0.2, -0.15) is 22.3 Å². The second-order valence-corrected chi connectivity index (χ2v) is 19.1. The Labute approximate surface area is 473 Å². The fourth-order valence-corrected chi connectivity index (χ4v) is 10.9. The van der Waals surface area contributed by atoms with Gasteiger partial charge in [0.05, 0.1) is 0 Å². The van der Waals surface area contributed by atoms with Crippen LogP contribution in [0.15, 0.2) is 279 Å². The summed E-state index contributed by atoms with van der Waals surface area (Å²) in [5, 5.41) is 30.6. The first-order chi connectivity index (χ1) is 37.6. The van der Waals surface area contributed by atoms with Gasteiger partial charge in [0.1, 0.15) is 16.2 Å². The van der Waals surface area contributed by atoms with Crippen molar-refractivity contribution in [2.24, 2.45) is 0 Å². The van der Waals surface area contributed by atoms with Crippen molar-refractivity contribution in [3.63, 3.8) is 0 Å². The summed E-state index contributed by atoms with van der Waals surface area (Å²) < 4.78 is 0. The number of hydrogen-bond acceptors (Lipinski definition) is 3. The Bertz CT molecular complexity index is 2810. The van der Waals surface area contributed by atoms with E-state index < -0.39 is 34.2 Å². The molecule has 0 aliphatic heterocycles. The van der Waals surface area contributed by atoms with Gasteiger partial charge in [-0.25, -0.2) is 6.07 Å². The van der Waals surface area contributed by atoms with Crippen molar-refractivity contribution >= 4 is 17.9 Å². The molecule has 0 atom stereocenters.